The van der Waals surface area contributed by atoms with Gasteiger partial charge in [-0.3, -0.25) is 0 Å². The minimum absolute atomic E-state index is 0.210. The second kappa shape index (κ2) is 7.61. The molecule has 0 spiro atoms. The topological polar surface area (TPSA) is 81.4 Å². The highest BCUT2D eigenvalue weighted by Crippen LogP contribution is 2.17. The number of benzene rings is 1. The van der Waals surface area contributed by atoms with E-state index in [2.05, 4.69) is 4.72 Å². The van der Waals surface area contributed by atoms with Gasteiger partial charge in [-0.15, -0.1) is 0 Å². The largest absolute Gasteiger partial charge is 0.399 e. The Morgan fingerprint density at radius 1 is 1.30 bits per heavy atom. The molecule has 20 heavy (non-hydrogen) atoms. The molecule has 5 nitrogen and oxygen atoms in total. The van der Waals surface area contributed by atoms with Gasteiger partial charge in [-0.2, -0.15) is 0 Å². The average Bonchev–Trinajstić information content (AvgIpc) is 2.36. The van der Waals surface area contributed by atoms with Crippen LogP contribution in [0.4, 0.5) is 5.69 Å². The van der Waals surface area contributed by atoms with Crippen LogP contribution in [0.1, 0.15) is 32.3 Å². The van der Waals surface area contributed by atoms with E-state index >= 15 is 0 Å². The molecule has 0 saturated heterocycles. The van der Waals surface area contributed by atoms with Crippen LogP contribution in [0.15, 0.2) is 23.1 Å². The quantitative estimate of drug-likeness (QED) is 0.569. The molecule has 1 rings (SSSR count). The highest BCUT2D eigenvalue weighted by Gasteiger charge is 2.16. The van der Waals surface area contributed by atoms with Crippen molar-refractivity contribution in [1.29, 1.82) is 0 Å². The third-order valence-corrected chi connectivity index (χ3v) is 4.42. The maximum Gasteiger partial charge on any atom is 0.240 e. The molecule has 0 bridgehead atoms. The normalized spacial score (nSPS) is 12.0. The summed E-state index contributed by atoms with van der Waals surface area (Å²) < 4.78 is 32.3. The number of sulfonamides is 1. The van der Waals surface area contributed by atoms with E-state index < -0.39 is 10.0 Å². The van der Waals surface area contributed by atoms with Gasteiger partial charge >= 0.3 is 0 Å². The lowest BCUT2D eigenvalue weighted by molar-refractivity contribution is 0.0762. The first kappa shape index (κ1) is 16.9. The summed E-state index contributed by atoms with van der Waals surface area (Å²) in [5, 5.41) is 0. The fraction of sp³-hybridized carbons (Fsp3) is 0.571. The Hall–Kier alpha value is -1.11. The summed E-state index contributed by atoms with van der Waals surface area (Å²) >= 11 is 0. The fourth-order valence-electron chi connectivity index (χ4n) is 1.74. The van der Waals surface area contributed by atoms with Crippen molar-refractivity contribution >= 4 is 15.7 Å². The molecule has 0 fully saturated rings. The number of nitrogens with one attached hydrogen (secondary N) is 1. The molecular weight excluding hydrogens is 276 g/mol. The van der Waals surface area contributed by atoms with Crippen LogP contribution in [0.3, 0.4) is 0 Å². The lowest BCUT2D eigenvalue weighted by Gasteiger charge is -2.10. The molecule has 114 valence electrons. The Bertz CT molecular complexity index is 527. The first-order valence-corrected chi connectivity index (χ1v) is 8.28. The molecule has 0 atom stereocenters. The third-order valence-electron chi connectivity index (χ3n) is 2.82. The molecule has 0 amide bonds. The summed E-state index contributed by atoms with van der Waals surface area (Å²) in [5.74, 6) is 0. The Morgan fingerprint density at radius 3 is 2.65 bits per heavy atom. The van der Waals surface area contributed by atoms with Gasteiger partial charge in [-0.05, 0) is 51.3 Å². The Morgan fingerprint density at radius 2 is 2.00 bits per heavy atom. The second-order valence-corrected chi connectivity index (χ2v) is 6.78. The van der Waals surface area contributed by atoms with Crippen LogP contribution in [0.5, 0.6) is 0 Å². The molecule has 1 aromatic carbocycles. The van der Waals surface area contributed by atoms with Gasteiger partial charge in [0, 0.05) is 18.8 Å². The van der Waals surface area contributed by atoms with E-state index in [9.17, 15) is 8.42 Å². The van der Waals surface area contributed by atoms with Gasteiger partial charge in [0.2, 0.25) is 10.0 Å². The van der Waals surface area contributed by atoms with Crippen molar-refractivity contribution in [2.24, 2.45) is 0 Å². The number of ether oxygens (including phenoxy) is 1. The second-order valence-electron chi connectivity index (χ2n) is 5.05. The predicted molar refractivity (Wildman–Crippen MR) is 81.1 cm³/mol. The van der Waals surface area contributed by atoms with Crippen molar-refractivity contribution in [2.45, 2.75) is 44.6 Å². The van der Waals surface area contributed by atoms with E-state index in [-0.39, 0.29) is 11.0 Å². The summed E-state index contributed by atoms with van der Waals surface area (Å²) in [6.07, 6.45) is 1.78. The summed E-state index contributed by atoms with van der Waals surface area (Å²) in [6.45, 7) is 6.76. The monoisotopic (exact) mass is 300 g/mol. The van der Waals surface area contributed by atoms with E-state index in [1.54, 1.807) is 19.1 Å². The third kappa shape index (κ3) is 5.48. The van der Waals surface area contributed by atoms with Gasteiger partial charge in [0.05, 0.1) is 11.0 Å². The van der Waals surface area contributed by atoms with Crippen molar-refractivity contribution in [1.82, 2.24) is 4.72 Å². The zero-order valence-electron chi connectivity index (χ0n) is 12.3. The molecule has 0 unspecified atom stereocenters. The van der Waals surface area contributed by atoms with Gasteiger partial charge in [-0.25, -0.2) is 13.1 Å². The van der Waals surface area contributed by atoms with Crippen LogP contribution in [0.25, 0.3) is 0 Å². The van der Waals surface area contributed by atoms with Gasteiger partial charge in [-0.1, -0.05) is 6.07 Å². The van der Waals surface area contributed by atoms with Crippen molar-refractivity contribution < 1.29 is 13.2 Å². The zero-order valence-corrected chi connectivity index (χ0v) is 13.2. The number of hydrogen-bond donors (Lipinski definition) is 2. The molecule has 6 heteroatoms. The lowest BCUT2D eigenvalue weighted by atomic mass is 10.2. The molecule has 1 aromatic rings. The predicted octanol–water partition coefficient (Wildman–Crippen LogP) is 2.06. The van der Waals surface area contributed by atoms with Crippen LogP contribution >= 0.6 is 0 Å². The first-order chi connectivity index (χ1) is 9.33. The van der Waals surface area contributed by atoms with Crippen LogP contribution in [0.2, 0.25) is 0 Å². The molecule has 0 heterocycles. The molecule has 0 aliphatic heterocycles. The van der Waals surface area contributed by atoms with Gasteiger partial charge in [0.15, 0.2) is 0 Å². The maximum absolute atomic E-state index is 12.1. The van der Waals surface area contributed by atoms with Crippen LogP contribution in [-0.4, -0.2) is 27.7 Å². The van der Waals surface area contributed by atoms with E-state index in [0.29, 0.717) is 24.4 Å². The molecule has 0 saturated carbocycles. The van der Waals surface area contributed by atoms with E-state index in [0.717, 1.165) is 12.8 Å². The summed E-state index contributed by atoms with van der Waals surface area (Å²) in [6, 6.07) is 4.89. The summed E-state index contributed by atoms with van der Waals surface area (Å²) in [4.78, 5) is 0.246. The van der Waals surface area contributed by atoms with Gasteiger partial charge < -0.3 is 10.5 Å². The number of rotatable bonds is 8. The van der Waals surface area contributed by atoms with E-state index in [1.807, 2.05) is 13.8 Å². The van der Waals surface area contributed by atoms with Crippen LogP contribution in [0, 0.1) is 6.92 Å². The molecule has 0 aliphatic carbocycles. The standard InChI is InChI=1S/C14H24N2O3S/c1-11(2)19-9-5-4-8-16-20(17,18)14-10-13(15)7-6-12(14)3/h6-7,10-11,16H,4-5,8-9,15H2,1-3H3. The van der Waals surface area contributed by atoms with Gasteiger partial charge in [0.1, 0.15) is 0 Å². The highest BCUT2D eigenvalue weighted by molar-refractivity contribution is 7.89. The van der Waals surface area contributed by atoms with Crippen molar-refractivity contribution in [3.63, 3.8) is 0 Å². The van der Waals surface area contributed by atoms with Crippen molar-refractivity contribution in [3.05, 3.63) is 23.8 Å². The van der Waals surface area contributed by atoms with Crippen LogP contribution in [-0.2, 0) is 14.8 Å². The number of aryl methyl sites for hydroxylation is 1. The Labute approximate surface area is 121 Å². The van der Waals surface area contributed by atoms with Crippen molar-refractivity contribution in [2.75, 3.05) is 18.9 Å². The fourth-order valence-corrected chi connectivity index (χ4v) is 3.09. The summed E-state index contributed by atoms with van der Waals surface area (Å²) in [5.41, 5.74) is 6.77. The van der Waals surface area contributed by atoms with E-state index in [4.69, 9.17) is 10.5 Å². The number of anilines is 1. The molecule has 0 aliphatic rings. The minimum Gasteiger partial charge on any atom is -0.399 e. The highest BCUT2D eigenvalue weighted by atomic mass is 32.2. The smallest absolute Gasteiger partial charge is 0.240 e. The average molecular weight is 300 g/mol. The molecule has 3 N–H and O–H groups in total. The van der Waals surface area contributed by atoms with E-state index in [1.165, 1.54) is 6.07 Å². The molecule has 0 aromatic heterocycles. The zero-order chi connectivity index (χ0) is 15.2. The Balaban J connectivity index is 2.48. The number of unbranched alkanes of at least 4 members (excludes halogenated alkanes) is 1. The first-order valence-electron chi connectivity index (χ1n) is 6.80. The SMILES string of the molecule is Cc1ccc(N)cc1S(=O)(=O)NCCCCOC(C)C. The number of nitrogens with two attached hydrogens (primary N) is 1. The van der Waals surface area contributed by atoms with Crippen LogP contribution < -0.4 is 10.5 Å². The molecular formula is C14H24N2O3S. The lowest BCUT2D eigenvalue weighted by Crippen LogP contribution is -2.25. The number of nitrogen functional groups attached to an aromatic ring is 1. The summed E-state index contributed by atoms with van der Waals surface area (Å²) in [7, 11) is -3.49. The number of hydrogen-bond acceptors (Lipinski definition) is 4. The minimum atomic E-state index is -3.49. The Kier molecular flexibility index (Phi) is 6.45. The molecule has 0 radical (unpaired) electrons. The maximum atomic E-state index is 12.1. The van der Waals surface area contributed by atoms with Crippen molar-refractivity contribution in [3.8, 4) is 0 Å². The van der Waals surface area contributed by atoms with Gasteiger partial charge in [0.25, 0.3) is 0 Å².